The van der Waals surface area contributed by atoms with E-state index in [-0.39, 0.29) is 146 Å². The van der Waals surface area contributed by atoms with Crippen LogP contribution in [0.2, 0.25) is 0 Å². The zero-order valence-corrected chi connectivity index (χ0v) is 60.3. The summed E-state index contributed by atoms with van der Waals surface area (Å²) in [7, 11) is -18.6. The summed E-state index contributed by atoms with van der Waals surface area (Å²) in [5.41, 5.74) is -20.7. The summed E-state index contributed by atoms with van der Waals surface area (Å²) in [6, 6.07) is -7.23. The fourth-order valence-corrected chi connectivity index (χ4v) is 35.5. The molecule has 0 aliphatic carbocycles. The van der Waals surface area contributed by atoms with Gasteiger partial charge in [-0.15, -0.1) is 0 Å². The predicted octanol–water partition coefficient (Wildman–Crippen LogP) is 28.6. The van der Waals surface area contributed by atoms with Crippen LogP contribution in [0.3, 0.4) is 0 Å². The zero-order chi connectivity index (χ0) is 87.5. The Morgan fingerprint density at radius 1 is 0.181 bits per heavy atom. The Bertz CT molecular complexity index is 4340. The molecular weight excluding hydrogens is 1850 g/mol. The minimum atomic E-state index is -10.1. The van der Waals surface area contributed by atoms with E-state index >= 15 is 95.2 Å². The fourth-order valence-electron chi connectivity index (χ4n) is 10.7. The first-order chi connectivity index (χ1) is 52.5. The van der Waals surface area contributed by atoms with Gasteiger partial charge in [-0.1, -0.05) is 0 Å². The molecule has 0 aromatic heterocycles. The molecule has 0 radical (unpaired) electrons. The summed E-state index contributed by atoms with van der Waals surface area (Å²) in [5.74, 6) is -37.3. The molecule has 0 N–H and O–H groups in total. The molecule has 0 atom stereocenters. The van der Waals surface area contributed by atoms with Crippen LogP contribution in [0.4, 0.5) is 171 Å². The zero-order valence-electron chi connectivity index (χ0n) is 55.3. The number of hydrogen-bond donors (Lipinski definition) is 0. The first kappa shape index (κ1) is 91.7. The summed E-state index contributed by atoms with van der Waals surface area (Å²) < 4.78 is 621. The quantitative estimate of drug-likeness (QED) is 0.0531. The standard InChI is InChI=1S/3C23H13F13OS.O.Sb/c3*24-19(25,22(31,32)33)13-4-8-16(9-5-13)38(37,18-3-1-2-15(12-18)21(28,29)30)17-10-6-14(7-11-17)20(26,27)23(34,35)36;;/h3*1-12,37H;;/q;;;;+3/p-3. The second kappa shape index (κ2) is 30.2. The van der Waals surface area contributed by atoms with Gasteiger partial charge in [0.15, 0.2) is 0 Å². The van der Waals surface area contributed by atoms with E-state index in [4.69, 9.17) is 7.38 Å². The van der Waals surface area contributed by atoms with Crippen LogP contribution >= 0.6 is 30.9 Å². The Kier molecular flexibility index (Phi) is 23.9. The Hall–Kier alpha value is -8.20. The van der Waals surface area contributed by atoms with E-state index in [1.54, 1.807) is 0 Å². The predicted molar refractivity (Wildman–Crippen MR) is 330 cm³/mol. The normalized spacial score (nSPS) is 14.9. The molecule has 0 unspecified atom stereocenters. The molecular formula is C69H36F39O4S3Sb. The second-order valence-electron chi connectivity index (χ2n) is 24.0. The van der Waals surface area contributed by atoms with E-state index < -0.39 is 309 Å². The number of benzene rings is 9. The summed E-state index contributed by atoms with van der Waals surface area (Å²) >= 11 is -10.1. The summed E-state index contributed by atoms with van der Waals surface area (Å²) in [6.45, 7) is 0. The number of alkyl halides is 39. The van der Waals surface area contributed by atoms with E-state index in [0.717, 1.165) is 0 Å². The van der Waals surface area contributed by atoms with Crippen LogP contribution in [0.15, 0.2) is 262 Å². The minimum absolute atomic E-state index is 0.00488. The molecule has 0 saturated carbocycles. The third-order valence-electron chi connectivity index (χ3n) is 16.5. The van der Waals surface area contributed by atoms with Crippen LogP contribution in [-0.4, -0.2) is 57.1 Å². The molecule has 9 aromatic rings. The van der Waals surface area contributed by atoms with Crippen molar-refractivity contribution in [1.82, 2.24) is 0 Å². The molecule has 0 aliphatic heterocycles. The Morgan fingerprint density at radius 3 is 0.440 bits per heavy atom. The van der Waals surface area contributed by atoms with Crippen LogP contribution in [-0.2, 0) is 64.5 Å². The molecule has 0 fully saturated rings. The van der Waals surface area contributed by atoms with Crippen LogP contribution < -0.4 is 0 Å². The molecule has 632 valence electrons. The van der Waals surface area contributed by atoms with Gasteiger partial charge in [-0.05, 0) is 0 Å². The molecule has 47 heteroatoms. The van der Waals surface area contributed by atoms with Crippen molar-refractivity contribution in [3.8, 4) is 0 Å². The van der Waals surface area contributed by atoms with Gasteiger partial charge in [0.2, 0.25) is 0 Å². The first-order valence-electron chi connectivity index (χ1n) is 30.6. The van der Waals surface area contributed by atoms with Gasteiger partial charge in [-0.3, -0.25) is 0 Å². The van der Waals surface area contributed by atoms with Gasteiger partial charge in [-0.2, -0.15) is 0 Å². The molecule has 9 rings (SSSR count). The number of hydrogen-bond acceptors (Lipinski definition) is 4. The fraction of sp³-hybridized carbons (Fsp3) is 0.217. The van der Waals surface area contributed by atoms with E-state index in [0.29, 0.717) is 0 Å². The van der Waals surface area contributed by atoms with E-state index in [1.807, 2.05) is 0 Å². The van der Waals surface area contributed by atoms with Crippen molar-refractivity contribution in [3.05, 3.63) is 268 Å². The van der Waals surface area contributed by atoms with Crippen molar-refractivity contribution >= 4 is 51.0 Å². The monoisotopic (exact) mass is 1890 g/mol. The van der Waals surface area contributed by atoms with Crippen molar-refractivity contribution < 1.29 is 182 Å². The molecule has 0 saturated heterocycles. The third kappa shape index (κ3) is 17.0. The Labute approximate surface area is 633 Å². The van der Waals surface area contributed by atoms with Crippen molar-refractivity contribution in [2.75, 3.05) is 0 Å². The van der Waals surface area contributed by atoms with Crippen LogP contribution in [0, 0.1) is 0 Å². The SMILES string of the molecule is [O]=[Sb]([O]S(c1ccc(C(F)(F)C(F)(F)F)cc1)(c1ccc(C(F)(F)C(F)(F)F)cc1)c1cccc(C(F)(F)F)c1)([O]S(c1ccc(C(F)(F)C(F)(F)F)cc1)(c1ccc(C(F)(F)C(F)(F)F)cc1)c1cccc(C(F)(F)F)c1)[O]S(c1ccc(C(F)(F)C(F)(F)F)cc1)(c1ccc(C(F)(F)C(F)(F)F)cc1)c1cccc(C(F)(F)F)c1. The van der Waals surface area contributed by atoms with Crippen LogP contribution in [0.25, 0.3) is 0 Å². The third-order valence-corrected chi connectivity index (χ3v) is 36.5. The van der Waals surface area contributed by atoms with Gasteiger partial charge in [-0.25, -0.2) is 0 Å². The molecule has 0 heterocycles. The van der Waals surface area contributed by atoms with Crippen molar-refractivity contribution in [2.24, 2.45) is 0 Å². The maximum absolute atomic E-state index is 18.6. The topological polar surface area (TPSA) is 44.8 Å². The van der Waals surface area contributed by atoms with Crippen LogP contribution in [0.5, 0.6) is 0 Å². The van der Waals surface area contributed by atoms with Crippen molar-refractivity contribution in [2.45, 2.75) is 135 Å². The van der Waals surface area contributed by atoms with Crippen molar-refractivity contribution in [3.63, 3.8) is 0 Å². The van der Waals surface area contributed by atoms with Gasteiger partial charge in [0.1, 0.15) is 0 Å². The van der Waals surface area contributed by atoms with Gasteiger partial charge in [0.05, 0.1) is 0 Å². The van der Waals surface area contributed by atoms with Gasteiger partial charge in [0, 0.05) is 0 Å². The van der Waals surface area contributed by atoms with Crippen molar-refractivity contribution in [1.29, 1.82) is 0 Å². The van der Waals surface area contributed by atoms with Crippen LogP contribution in [0.1, 0.15) is 50.1 Å². The summed E-state index contributed by atoms with van der Waals surface area (Å²) in [6.07, 6.45) is -58.5. The molecule has 4 nitrogen and oxygen atoms in total. The Balaban J connectivity index is 1.65. The molecule has 116 heavy (non-hydrogen) atoms. The number of halogens is 39. The molecule has 9 aromatic carbocycles. The molecule has 0 bridgehead atoms. The van der Waals surface area contributed by atoms with E-state index in [9.17, 15) is 79.0 Å². The van der Waals surface area contributed by atoms with E-state index in [2.05, 4.69) is 0 Å². The average molecular weight is 1890 g/mol. The molecule has 0 amide bonds. The van der Waals surface area contributed by atoms with Gasteiger partial charge in [0.25, 0.3) is 0 Å². The van der Waals surface area contributed by atoms with Gasteiger partial charge >= 0.3 is 636 Å². The summed E-state index contributed by atoms with van der Waals surface area (Å²) in [5, 5.41) is 0. The maximum atomic E-state index is 18.6. The van der Waals surface area contributed by atoms with Gasteiger partial charge < -0.3 is 0 Å². The Morgan fingerprint density at radius 2 is 0.319 bits per heavy atom. The number of rotatable bonds is 21. The second-order valence-corrected chi connectivity index (χ2v) is 38.4. The first-order valence-corrected chi connectivity index (χ1v) is 39.4. The summed E-state index contributed by atoms with van der Waals surface area (Å²) in [4.78, 5) is -15.1. The van der Waals surface area contributed by atoms with E-state index in [1.165, 1.54) is 0 Å². The molecule has 0 aliphatic rings. The average Bonchev–Trinajstić information content (AvgIpc) is 0.705. The molecule has 0 spiro atoms.